The zero-order valence-electron chi connectivity index (χ0n) is 48.7. The van der Waals surface area contributed by atoms with E-state index in [0.29, 0.717) is 45.3 Å². The number of aryl methyl sites for hydroxylation is 1. The van der Waals surface area contributed by atoms with Crippen LogP contribution in [0, 0.1) is 18.3 Å². The van der Waals surface area contributed by atoms with Gasteiger partial charge in [0.05, 0.1) is 17.3 Å². The van der Waals surface area contributed by atoms with Gasteiger partial charge in [-0.05, 0) is 74.0 Å². The highest BCUT2D eigenvalue weighted by atomic mass is 33.1. The third-order valence-corrected chi connectivity index (χ3v) is 13.1. The maximum absolute atomic E-state index is 14.6. The van der Waals surface area contributed by atoms with Crippen molar-refractivity contribution in [1.82, 2.24) is 36.1 Å². The summed E-state index contributed by atoms with van der Waals surface area (Å²) in [5.41, 5.74) is 22.0. The summed E-state index contributed by atoms with van der Waals surface area (Å²) in [5.74, 6) is -12.3. The van der Waals surface area contributed by atoms with Crippen molar-refractivity contribution in [2.75, 3.05) is 52.7 Å². The molecule has 14 N–H and O–H groups in total. The van der Waals surface area contributed by atoms with E-state index in [4.69, 9.17) is 71.5 Å². The minimum absolute atomic E-state index is 0.000809. The van der Waals surface area contributed by atoms with Crippen LogP contribution in [0.25, 0.3) is 22.5 Å². The topological polar surface area (TPSA) is 432 Å². The number of alkyl halides is 12. The number of nitrogens with two attached hydrogens (primary N) is 3. The highest BCUT2D eigenvalue weighted by Gasteiger charge is 2.41. The van der Waals surface area contributed by atoms with Gasteiger partial charge >= 0.3 is 48.6 Å². The van der Waals surface area contributed by atoms with Crippen molar-refractivity contribution in [2.45, 2.75) is 81.3 Å². The van der Waals surface area contributed by atoms with E-state index >= 15 is 0 Å². The number of nitriles is 1. The van der Waals surface area contributed by atoms with Gasteiger partial charge in [0, 0.05) is 55.2 Å². The lowest BCUT2D eigenvalue weighted by molar-refractivity contribution is -0.193. The molecule has 5 rings (SSSR count). The Kier molecular flexibility index (Phi) is 33.4. The van der Waals surface area contributed by atoms with Crippen LogP contribution in [-0.4, -0.2) is 184 Å². The molecule has 1 aliphatic rings. The number of aromatic nitrogens is 2. The Hall–Kier alpha value is -9.20. The zero-order chi connectivity index (χ0) is 71.4. The van der Waals surface area contributed by atoms with Crippen LogP contribution in [0.3, 0.4) is 0 Å². The molecular formula is C53H59F12N11O15S2. The molecular weight excluding hydrogens is 1320 g/mol. The molecule has 0 radical (unpaired) electrons. The van der Waals surface area contributed by atoms with Crippen LogP contribution in [-0.2, 0) is 50.5 Å². The van der Waals surface area contributed by atoms with Crippen molar-refractivity contribution in [2.24, 2.45) is 17.2 Å². The second kappa shape index (κ2) is 38.0. The molecule has 40 heteroatoms. The Balaban J connectivity index is 0.00000128. The van der Waals surface area contributed by atoms with Crippen LogP contribution in [0.4, 0.5) is 52.7 Å². The number of fused-ring (bicyclic) bond motifs is 5. The summed E-state index contributed by atoms with van der Waals surface area (Å²) in [4.78, 5) is 116. The molecule has 4 aromatic rings. The number of nitrogens with one attached hydrogen (secondary N) is 4. The minimum atomic E-state index is -5.08. The first-order chi connectivity index (χ1) is 43.1. The van der Waals surface area contributed by atoms with Gasteiger partial charge in [-0.25, -0.2) is 29.1 Å². The molecule has 3 aromatic carbocycles. The summed E-state index contributed by atoms with van der Waals surface area (Å²) in [6.07, 6.45) is -16.9. The maximum Gasteiger partial charge on any atom is 0.490 e. The smallest absolute Gasteiger partial charge is 0.490 e. The predicted octanol–water partition coefficient (Wildman–Crippen LogP) is 4.67. The molecule has 0 aliphatic carbocycles. The van der Waals surface area contributed by atoms with Crippen LogP contribution in [0.15, 0.2) is 66.9 Å². The first-order valence-corrected chi connectivity index (χ1v) is 28.6. The molecule has 0 saturated carbocycles. The summed E-state index contributed by atoms with van der Waals surface area (Å²) in [6.45, 7) is 3.48. The molecule has 0 unspecified atom stereocenters. The maximum atomic E-state index is 14.6. The Morgan fingerprint density at radius 3 is 1.67 bits per heavy atom. The summed E-state index contributed by atoms with van der Waals surface area (Å²) < 4.78 is 139. The fourth-order valence-corrected chi connectivity index (χ4v) is 8.28. The van der Waals surface area contributed by atoms with Gasteiger partial charge in [0.25, 0.3) is 5.91 Å². The standard InChI is InChI=1S/C45H55N11O7S2.4C2HF3O2/c1-26-34(24-51-40(52-26)30-8-5-28(6-9-30)25-65-64-4)42(58)54-35(13-14-46)45(61)56(3)39-31-10-12-38(63-20-17-49)33(23-31)32-21-29(7-11-37(32)62-19-16-48)22-36(43(59)50-18-15-47)55-41(57)27(2)53-44(39)60;4*3-2(4,5)1(6)7/h5-12,21,23-24,27,35-36,39H,13-14,16-20,22,25,46,48-49H2,1-4H3,(H,50,59)(H,53,60)(H,54,58)(H,55,57);4*(H,6,7)/t27-,35-,36-,39-;;;;/m0..../s1. The molecule has 1 aliphatic heterocycles. The van der Waals surface area contributed by atoms with Gasteiger partial charge in [0.15, 0.2) is 5.82 Å². The highest BCUT2D eigenvalue weighted by molar-refractivity contribution is 8.76. The largest absolute Gasteiger partial charge is 0.492 e. The molecule has 1 aromatic heterocycles. The van der Waals surface area contributed by atoms with Gasteiger partial charge in [0.1, 0.15) is 55.4 Å². The number of carbonyl (C=O) groups excluding carboxylic acids is 5. The molecule has 0 fully saturated rings. The third kappa shape index (κ3) is 28.1. The number of carboxylic acid groups (broad SMARTS) is 4. The highest BCUT2D eigenvalue weighted by Crippen LogP contribution is 2.40. The van der Waals surface area contributed by atoms with Gasteiger partial charge < -0.3 is 73.3 Å². The van der Waals surface area contributed by atoms with E-state index in [1.807, 2.05) is 36.6 Å². The number of hydrogen-bond acceptors (Lipinski definition) is 19. The number of halogens is 12. The Morgan fingerprint density at radius 1 is 0.742 bits per heavy atom. The molecule has 4 atom stereocenters. The second-order valence-electron chi connectivity index (χ2n) is 18.2. The lowest BCUT2D eigenvalue weighted by Crippen LogP contribution is -2.56. The van der Waals surface area contributed by atoms with Crippen molar-refractivity contribution in [1.29, 1.82) is 5.26 Å². The molecule has 0 spiro atoms. The lowest BCUT2D eigenvalue weighted by atomic mass is 9.93. The predicted molar refractivity (Wildman–Crippen MR) is 305 cm³/mol. The lowest BCUT2D eigenvalue weighted by Gasteiger charge is -2.32. The number of amides is 5. The van der Waals surface area contributed by atoms with Gasteiger partial charge in [-0.2, -0.15) is 57.9 Å². The van der Waals surface area contributed by atoms with Crippen LogP contribution in [0.1, 0.15) is 52.1 Å². The fourth-order valence-electron chi connectivity index (χ4n) is 7.07. The third-order valence-electron chi connectivity index (χ3n) is 11.4. The number of carboxylic acids is 4. The number of ether oxygens (including phenoxy) is 2. The van der Waals surface area contributed by atoms with E-state index in [0.717, 1.165) is 16.9 Å². The zero-order valence-corrected chi connectivity index (χ0v) is 50.3. The van der Waals surface area contributed by atoms with Gasteiger partial charge in [-0.3, -0.25) is 24.0 Å². The van der Waals surface area contributed by atoms with Gasteiger partial charge in [0.2, 0.25) is 23.6 Å². The van der Waals surface area contributed by atoms with Crippen molar-refractivity contribution < 1.29 is 126 Å². The average Bonchev–Trinajstić information content (AvgIpc) is 0.787. The number of hydrogen-bond donors (Lipinski definition) is 11. The van der Waals surface area contributed by atoms with Crippen molar-refractivity contribution >= 4 is 75.0 Å². The monoisotopic (exact) mass is 1380 g/mol. The Morgan fingerprint density at radius 2 is 1.23 bits per heavy atom. The second-order valence-corrected chi connectivity index (χ2v) is 20.8. The van der Waals surface area contributed by atoms with Crippen molar-refractivity contribution in [3.8, 4) is 40.1 Å². The van der Waals surface area contributed by atoms with Crippen LogP contribution in [0.5, 0.6) is 11.5 Å². The molecule has 2 heterocycles. The van der Waals surface area contributed by atoms with Crippen LogP contribution in [0.2, 0.25) is 0 Å². The summed E-state index contributed by atoms with van der Waals surface area (Å²) in [7, 11) is 4.84. The van der Waals surface area contributed by atoms with Crippen LogP contribution < -0.4 is 47.9 Å². The fraction of sp³-hybridized carbons (Fsp3) is 0.396. The number of benzene rings is 3. The molecule has 4 bridgehead atoms. The average molecular weight is 1380 g/mol. The normalized spacial score (nSPS) is 14.9. The number of carbonyl (C=O) groups is 9. The summed E-state index contributed by atoms with van der Waals surface area (Å²) in [6, 6.07) is 14.9. The van der Waals surface area contributed by atoms with Gasteiger partial charge in [-0.1, -0.05) is 58.0 Å². The molecule has 512 valence electrons. The van der Waals surface area contributed by atoms with Crippen molar-refractivity contribution in [3.05, 3.63) is 94.8 Å². The van der Waals surface area contributed by atoms with Gasteiger partial charge in [-0.15, -0.1) is 0 Å². The molecule has 26 nitrogen and oxygen atoms in total. The number of nitrogens with zero attached hydrogens (tertiary/aromatic N) is 4. The molecule has 93 heavy (non-hydrogen) atoms. The Bertz CT molecular complexity index is 3170. The van der Waals surface area contributed by atoms with Crippen molar-refractivity contribution in [3.63, 3.8) is 0 Å². The number of likely N-dealkylation sites (N-methyl/N-ethyl adjacent to an activating group) is 1. The molecule has 5 amide bonds. The summed E-state index contributed by atoms with van der Waals surface area (Å²) in [5, 5.41) is 48.4. The number of rotatable bonds is 18. The first-order valence-electron chi connectivity index (χ1n) is 25.9. The molecule has 0 saturated heterocycles. The van der Waals surface area contributed by atoms with Crippen LogP contribution >= 0.6 is 21.6 Å². The quantitative estimate of drug-likeness (QED) is 0.0366. The van der Waals surface area contributed by atoms with E-state index in [1.165, 1.54) is 25.1 Å². The SMILES string of the molecule is CSSCc1ccc(-c2ncc(C(=O)N[C@@H](CCN)C(=O)N(C)[C@@H]3C(=O)N[C@@H](C)C(=O)N[C@H](C(=O)NCC#N)Cc4ccc(OCCN)c(c4)-c4cc3ccc4OCCN)c(C)n2)cc1.O=C(O)C(F)(F)F.O=C(O)C(F)(F)F.O=C(O)C(F)(F)F.O=C(O)C(F)(F)F. The van der Waals surface area contributed by atoms with E-state index in [9.17, 15) is 76.7 Å². The summed E-state index contributed by atoms with van der Waals surface area (Å²) >= 11 is 0. The van der Waals surface area contributed by atoms with E-state index in [1.54, 1.807) is 64.9 Å². The first kappa shape index (κ1) is 81.8. The Labute approximate surface area is 526 Å². The van der Waals surface area contributed by atoms with E-state index < -0.39 is 102 Å². The van der Waals surface area contributed by atoms with E-state index in [2.05, 4.69) is 31.2 Å². The number of aliphatic carboxylic acids is 4. The minimum Gasteiger partial charge on any atom is -0.492 e. The van der Waals surface area contributed by atoms with E-state index in [-0.39, 0.29) is 57.8 Å².